The molecule has 0 bridgehead atoms. The molecule has 0 unspecified atom stereocenters. The fourth-order valence-corrected chi connectivity index (χ4v) is 2.12. The molecule has 0 fully saturated rings. The van der Waals surface area contributed by atoms with Crippen LogP contribution in [0.3, 0.4) is 0 Å². The van der Waals surface area contributed by atoms with Gasteiger partial charge in [0.2, 0.25) is 0 Å². The Morgan fingerprint density at radius 1 is 1.35 bits per heavy atom. The highest BCUT2D eigenvalue weighted by Crippen LogP contribution is 2.17. The lowest BCUT2D eigenvalue weighted by Gasteiger charge is -2.01. The second kappa shape index (κ2) is 3.85. The number of aromatic nitrogens is 2. The zero-order chi connectivity index (χ0) is 11.8. The smallest absolute Gasteiger partial charge is 0.178 e. The molecule has 0 atom stereocenters. The number of benzene rings is 1. The van der Waals surface area contributed by atoms with Gasteiger partial charge in [0.1, 0.15) is 11.6 Å². The Bertz CT molecular complexity index is 712. The molecular weight excluding hydrogens is 239 g/mol. The number of rotatable bonds is 2. The molecule has 0 saturated heterocycles. The van der Waals surface area contributed by atoms with E-state index in [0.717, 1.165) is 11.3 Å². The van der Waals surface area contributed by atoms with Gasteiger partial charge in [-0.05, 0) is 42.5 Å². The van der Waals surface area contributed by atoms with E-state index >= 15 is 0 Å². The third-order valence-electron chi connectivity index (χ3n) is 2.63. The summed E-state index contributed by atoms with van der Waals surface area (Å²) in [5.41, 5.74) is 1.56. The number of fused-ring (bicyclic) bond motifs is 1. The second-order valence-electron chi connectivity index (χ2n) is 3.76. The molecule has 0 aliphatic heterocycles. The van der Waals surface area contributed by atoms with Crippen LogP contribution in [-0.4, -0.2) is 9.55 Å². The Kier molecular flexibility index (Phi) is 2.33. The number of imidazole rings is 1. The maximum Gasteiger partial charge on any atom is 0.178 e. The Balaban J connectivity index is 2.16. The van der Waals surface area contributed by atoms with Gasteiger partial charge in [-0.15, -0.1) is 0 Å². The van der Waals surface area contributed by atoms with Crippen molar-refractivity contribution in [1.29, 1.82) is 0 Å². The first kappa shape index (κ1) is 10.3. The molecule has 2 aromatic heterocycles. The van der Waals surface area contributed by atoms with Gasteiger partial charge >= 0.3 is 0 Å². The summed E-state index contributed by atoms with van der Waals surface area (Å²) in [4.78, 5) is 2.98. The first-order valence-electron chi connectivity index (χ1n) is 5.14. The van der Waals surface area contributed by atoms with Crippen molar-refractivity contribution >= 4 is 23.3 Å². The molecular formula is C12H9FN2OS. The first-order chi connectivity index (χ1) is 8.24. The van der Waals surface area contributed by atoms with Gasteiger partial charge in [0.25, 0.3) is 0 Å². The molecule has 0 amide bonds. The van der Waals surface area contributed by atoms with E-state index in [9.17, 15) is 4.39 Å². The van der Waals surface area contributed by atoms with Crippen molar-refractivity contribution in [2.24, 2.45) is 0 Å². The monoisotopic (exact) mass is 248 g/mol. The number of furan rings is 1. The van der Waals surface area contributed by atoms with Gasteiger partial charge < -0.3 is 14.0 Å². The summed E-state index contributed by atoms with van der Waals surface area (Å²) in [6.45, 7) is 0.539. The fourth-order valence-electron chi connectivity index (χ4n) is 1.85. The van der Waals surface area contributed by atoms with Crippen LogP contribution < -0.4 is 0 Å². The topological polar surface area (TPSA) is 33.9 Å². The van der Waals surface area contributed by atoms with Crippen LogP contribution in [0.1, 0.15) is 5.76 Å². The summed E-state index contributed by atoms with van der Waals surface area (Å²) >= 11 is 5.21. The second-order valence-corrected chi connectivity index (χ2v) is 4.14. The Morgan fingerprint density at radius 3 is 3.00 bits per heavy atom. The lowest BCUT2D eigenvalue weighted by Crippen LogP contribution is -1.98. The van der Waals surface area contributed by atoms with E-state index in [1.54, 1.807) is 12.3 Å². The minimum Gasteiger partial charge on any atom is -0.467 e. The van der Waals surface area contributed by atoms with Crippen LogP contribution in [0.25, 0.3) is 11.0 Å². The van der Waals surface area contributed by atoms with Crippen molar-refractivity contribution in [3.05, 3.63) is 52.9 Å². The highest BCUT2D eigenvalue weighted by atomic mass is 32.1. The number of nitrogens with one attached hydrogen (secondary N) is 1. The van der Waals surface area contributed by atoms with Crippen LogP contribution in [0.2, 0.25) is 0 Å². The van der Waals surface area contributed by atoms with Crippen LogP contribution in [0, 0.1) is 10.6 Å². The van der Waals surface area contributed by atoms with E-state index in [1.807, 2.05) is 16.7 Å². The summed E-state index contributed by atoms with van der Waals surface area (Å²) in [6.07, 6.45) is 1.62. The quantitative estimate of drug-likeness (QED) is 0.704. The molecule has 3 aromatic rings. The van der Waals surface area contributed by atoms with Crippen LogP contribution in [0.4, 0.5) is 4.39 Å². The molecule has 17 heavy (non-hydrogen) atoms. The van der Waals surface area contributed by atoms with Gasteiger partial charge in [-0.25, -0.2) is 4.39 Å². The fraction of sp³-hybridized carbons (Fsp3) is 0.0833. The molecule has 5 heteroatoms. The lowest BCUT2D eigenvalue weighted by atomic mass is 10.3. The number of H-pyrrole nitrogens is 1. The number of hydrogen-bond donors (Lipinski definition) is 1. The van der Waals surface area contributed by atoms with Crippen LogP contribution in [-0.2, 0) is 6.54 Å². The van der Waals surface area contributed by atoms with E-state index in [0.29, 0.717) is 16.8 Å². The minimum atomic E-state index is -0.279. The summed E-state index contributed by atoms with van der Waals surface area (Å²) in [5.74, 6) is 0.533. The standard InChI is InChI=1S/C12H9FN2OS/c13-8-3-4-11-10(6-8)14-12(17)15(11)7-9-2-1-5-16-9/h1-6H,7H2,(H,14,17). The highest BCUT2D eigenvalue weighted by molar-refractivity contribution is 7.71. The molecule has 0 spiro atoms. The average molecular weight is 248 g/mol. The molecule has 0 aliphatic rings. The molecule has 1 aromatic carbocycles. The van der Waals surface area contributed by atoms with Crippen molar-refractivity contribution in [3.63, 3.8) is 0 Å². The molecule has 0 aliphatic carbocycles. The van der Waals surface area contributed by atoms with Gasteiger partial charge in [-0.3, -0.25) is 0 Å². The molecule has 2 heterocycles. The zero-order valence-corrected chi connectivity index (χ0v) is 9.63. The summed E-state index contributed by atoms with van der Waals surface area (Å²) in [5, 5.41) is 0. The highest BCUT2D eigenvalue weighted by Gasteiger charge is 2.07. The van der Waals surface area contributed by atoms with Crippen LogP contribution in [0.15, 0.2) is 41.0 Å². The Morgan fingerprint density at radius 2 is 2.24 bits per heavy atom. The van der Waals surface area contributed by atoms with Gasteiger partial charge in [0.05, 0.1) is 23.8 Å². The number of hydrogen-bond acceptors (Lipinski definition) is 2. The zero-order valence-electron chi connectivity index (χ0n) is 8.81. The van der Waals surface area contributed by atoms with Crippen molar-refractivity contribution in [2.45, 2.75) is 6.54 Å². The van der Waals surface area contributed by atoms with Gasteiger partial charge in [-0.1, -0.05) is 0 Å². The number of aromatic amines is 1. The lowest BCUT2D eigenvalue weighted by molar-refractivity contribution is 0.495. The van der Waals surface area contributed by atoms with Crippen LogP contribution >= 0.6 is 12.2 Å². The van der Waals surface area contributed by atoms with Gasteiger partial charge in [0.15, 0.2) is 4.77 Å². The van der Waals surface area contributed by atoms with Crippen LogP contribution in [0.5, 0.6) is 0 Å². The third kappa shape index (κ3) is 1.78. The molecule has 0 saturated carbocycles. The first-order valence-corrected chi connectivity index (χ1v) is 5.55. The summed E-state index contributed by atoms with van der Waals surface area (Å²) < 4.78 is 20.8. The van der Waals surface area contributed by atoms with Gasteiger partial charge in [-0.2, -0.15) is 0 Å². The predicted molar refractivity (Wildman–Crippen MR) is 64.9 cm³/mol. The maximum atomic E-state index is 13.1. The van der Waals surface area contributed by atoms with E-state index in [1.165, 1.54) is 12.1 Å². The maximum absolute atomic E-state index is 13.1. The third-order valence-corrected chi connectivity index (χ3v) is 2.95. The van der Waals surface area contributed by atoms with Crippen molar-refractivity contribution in [1.82, 2.24) is 9.55 Å². The van der Waals surface area contributed by atoms with E-state index in [-0.39, 0.29) is 5.82 Å². The molecule has 3 rings (SSSR count). The SMILES string of the molecule is Fc1ccc2c(c1)[nH]c(=S)n2Cc1ccco1. The number of halogens is 1. The molecule has 1 N–H and O–H groups in total. The van der Waals surface area contributed by atoms with Gasteiger partial charge in [0, 0.05) is 0 Å². The normalized spacial score (nSPS) is 11.1. The Labute approximate surface area is 101 Å². The summed E-state index contributed by atoms with van der Waals surface area (Å²) in [7, 11) is 0. The van der Waals surface area contributed by atoms with E-state index in [4.69, 9.17) is 16.6 Å². The van der Waals surface area contributed by atoms with Crippen molar-refractivity contribution < 1.29 is 8.81 Å². The molecule has 0 radical (unpaired) electrons. The predicted octanol–water partition coefficient (Wildman–Crippen LogP) is 3.48. The number of nitrogens with zero attached hydrogens (tertiary/aromatic N) is 1. The summed E-state index contributed by atoms with van der Waals surface area (Å²) in [6, 6.07) is 8.27. The largest absolute Gasteiger partial charge is 0.467 e. The van der Waals surface area contributed by atoms with E-state index < -0.39 is 0 Å². The van der Waals surface area contributed by atoms with E-state index in [2.05, 4.69) is 4.98 Å². The Hall–Kier alpha value is -1.88. The average Bonchev–Trinajstić information content (AvgIpc) is 2.88. The van der Waals surface area contributed by atoms with Crippen molar-refractivity contribution in [2.75, 3.05) is 0 Å². The molecule has 86 valence electrons. The van der Waals surface area contributed by atoms with Crippen molar-refractivity contribution in [3.8, 4) is 0 Å². The molecule has 3 nitrogen and oxygen atoms in total. The minimum absolute atomic E-state index is 0.279.